The first-order valence-electron chi connectivity index (χ1n) is 28.7. The minimum atomic E-state index is -1.57. The highest BCUT2D eigenvalue weighted by molar-refractivity contribution is 5.76. The number of carbonyl (C=O) groups excluding carboxylic acids is 1. The summed E-state index contributed by atoms with van der Waals surface area (Å²) in [7, 11) is 0. The Morgan fingerprint density at radius 1 is 0.507 bits per heavy atom. The molecule has 1 rings (SSSR count). The summed E-state index contributed by atoms with van der Waals surface area (Å²) < 4.78 is 11.3. The Hall–Kier alpha value is -2.37. The maximum absolute atomic E-state index is 13.1. The van der Waals surface area contributed by atoms with E-state index in [0.29, 0.717) is 6.42 Å². The molecule has 1 heterocycles. The molecule has 0 radical (unpaired) electrons. The average Bonchev–Trinajstić information content (AvgIpc) is 3.35. The molecule has 69 heavy (non-hydrogen) atoms. The third-order valence-electron chi connectivity index (χ3n) is 13.3. The molecule has 0 aliphatic carbocycles. The third kappa shape index (κ3) is 38.9. The van der Waals surface area contributed by atoms with Gasteiger partial charge < -0.3 is 40.3 Å². The quantitative estimate of drug-likeness (QED) is 0.0261. The van der Waals surface area contributed by atoms with Crippen LogP contribution in [0.5, 0.6) is 0 Å². The van der Waals surface area contributed by atoms with E-state index < -0.39 is 49.5 Å². The molecule has 1 fully saturated rings. The lowest BCUT2D eigenvalue weighted by Gasteiger charge is -2.40. The molecule has 7 unspecified atom stereocenters. The van der Waals surface area contributed by atoms with Crippen LogP contribution in [0.1, 0.15) is 245 Å². The van der Waals surface area contributed by atoms with E-state index >= 15 is 0 Å². The van der Waals surface area contributed by atoms with Crippen LogP contribution in [0.2, 0.25) is 0 Å². The molecule has 400 valence electrons. The molecule has 0 aromatic rings. The van der Waals surface area contributed by atoms with Crippen LogP contribution < -0.4 is 5.32 Å². The van der Waals surface area contributed by atoms with Gasteiger partial charge in [-0.25, -0.2) is 0 Å². The van der Waals surface area contributed by atoms with E-state index in [1.807, 2.05) is 6.08 Å². The fourth-order valence-electron chi connectivity index (χ4n) is 8.77. The van der Waals surface area contributed by atoms with Gasteiger partial charge >= 0.3 is 0 Å². The summed E-state index contributed by atoms with van der Waals surface area (Å²) in [4.78, 5) is 13.1. The van der Waals surface area contributed by atoms with E-state index in [9.17, 15) is 30.3 Å². The second-order valence-corrected chi connectivity index (χ2v) is 19.7. The van der Waals surface area contributed by atoms with E-state index in [2.05, 4.69) is 79.9 Å². The Morgan fingerprint density at radius 3 is 1.33 bits per heavy atom. The van der Waals surface area contributed by atoms with Gasteiger partial charge in [0, 0.05) is 6.42 Å². The van der Waals surface area contributed by atoms with Crippen LogP contribution in [0.3, 0.4) is 0 Å². The van der Waals surface area contributed by atoms with Gasteiger partial charge in [-0.05, 0) is 64.2 Å². The zero-order valence-corrected chi connectivity index (χ0v) is 44.3. The van der Waals surface area contributed by atoms with E-state index in [-0.39, 0.29) is 12.5 Å². The number of amides is 1. The zero-order valence-electron chi connectivity index (χ0n) is 44.3. The first kappa shape index (κ1) is 64.6. The number of rotatable bonds is 48. The summed E-state index contributed by atoms with van der Waals surface area (Å²) >= 11 is 0. The Morgan fingerprint density at radius 2 is 0.899 bits per heavy atom. The Bertz CT molecular complexity index is 1310. The number of carbonyl (C=O) groups is 1. The lowest BCUT2D eigenvalue weighted by molar-refractivity contribution is -0.302. The van der Waals surface area contributed by atoms with Crippen molar-refractivity contribution in [2.75, 3.05) is 13.2 Å². The largest absolute Gasteiger partial charge is 0.394 e. The molecule has 0 saturated carbocycles. The van der Waals surface area contributed by atoms with E-state index in [4.69, 9.17) is 9.47 Å². The maximum atomic E-state index is 13.1. The molecule has 9 heteroatoms. The summed E-state index contributed by atoms with van der Waals surface area (Å²) in [5.74, 6) is -0.181. The van der Waals surface area contributed by atoms with Crippen molar-refractivity contribution < 1.29 is 39.8 Å². The Labute approximate surface area is 423 Å². The van der Waals surface area contributed by atoms with Crippen LogP contribution in [0.25, 0.3) is 0 Å². The highest BCUT2D eigenvalue weighted by atomic mass is 16.7. The monoisotopic (exact) mass is 970 g/mol. The van der Waals surface area contributed by atoms with Crippen molar-refractivity contribution in [2.45, 2.75) is 288 Å². The van der Waals surface area contributed by atoms with Gasteiger partial charge in [-0.1, -0.05) is 247 Å². The SMILES string of the molecule is CC/C=C\C/C=C\C/C=C\C/C=C\C/C=C\CCCCCCCCCCCCCC(=O)NC(COC1OC(CO)C(O)C(O)C1O)C(O)/C=C/CCCCCCCCCCCCCCCCCCC. The van der Waals surface area contributed by atoms with Crippen molar-refractivity contribution in [2.24, 2.45) is 0 Å². The predicted octanol–water partition coefficient (Wildman–Crippen LogP) is 14.1. The molecule has 0 aromatic heterocycles. The van der Waals surface area contributed by atoms with Crippen molar-refractivity contribution in [1.29, 1.82) is 0 Å². The van der Waals surface area contributed by atoms with Crippen LogP contribution in [-0.2, 0) is 14.3 Å². The van der Waals surface area contributed by atoms with Gasteiger partial charge in [0.05, 0.1) is 25.4 Å². The van der Waals surface area contributed by atoms with Crippen molar-refractivity contribution in [3.05, 3.63) is 72.9 Å². The van der Waals surface area contributed by atoms with Gasteiger partial charge in [-0.3, -0.25) is 4.79 Å². The average molecular weight is 971 g/mol. The Balaban J connectivity index is 2.23. The maximum Gasteiger partial charge on any atom is 0.220 e. The van der Waals surface area contributed by atoms with Crippen LogP contribution in [0.4, 0.5) is 0 Å². The van der Waals surface area contributed by atoms with Crippen molar-refractivity contribution in [1.82, 2.24) is 5.32 Å². The molecule has 1 amide bonds. The van der Waals surface area contributed by atoms with Crippen molar-refractivity contribution >= 4 is 5.91 Å². The molecule has 1 saturated heterocycles. The molecule has 9 nitrogen and oxygen atoms in total. The summed E-state index contributed by atoms with van der Waals surface area (Å²) in [5, 5.41) is 54.5. The summed E-state index contributed by atoms with van der Waals surface area (Å²) in [6, 6.07) is -0.810. The topological polar surface area (TPSA) is 149 Å². The first-order valence-corrected chi connectivity index (χ1v) is 28.7. The predicted molar refractivity (Wildman–Crippen MR) is 290 cm³/mol. The van der Waals surface area contributed by atoms with Crippen LogP contribution in [0, 0.1) is 0 Å². The Kier molecular flexibility index (Phi) is 46.1. The molecule has 7 atom stereocenters. The lowest BCUT2D eigenvalue weighted by Crippen LogP contribution is -2.60. The van der Waals surface area contributed by atoms with Crippen molar-refractivity contribution in [3.8, 4) is 0 Å². The van der Waals surface area contributed by atoms with Gasteiger partial charge in [0.25, 0.3) is 0 Å². The van der Waals surface area contributed by atoms with Gasteiger partial charge in [-0.15, -0.1) is 0 Å². The van der Waals surface area contributed by atoms with Gasteiger partial charge in [0.2, 0.25) is 5.91 Å². The second kappa shape index (κ2) is 49.2. The standard InChI is InChI=1S/C60H107NO8/c1-3-5-7-9-11-13-15-17-19-21-23-24-25-26-27-28-29-30-32-34-36-38-40-42-44-46-48-50-56(64)61-53(52-68-60-59(67)58(66)57(65)55(51-62)69-60)54(63)49-47-45-43-41-39-37-35-33-31-22-20-18-16-14-12-10-8-6-4-2/h5,7,11,13,17,19,23-24,26-27,47,49,53-55,57-60,62-63,65-67H,3-4,6,8-10,12,14-16,18,20-22,25,28-46,48,50-52H2,1-2H3,(H,61,64)/b7-5-,13-11-,19-17-,24-23-,27-26-,49-47+. The number of nitrogens with one attached hydrogen (secondary N) is 1. The fourth-order valence-corrected chi connectivity index (χ4v) is 8.77. The van der Waals surface area contributed by atoms with E-state index in [1.54, 1.807) is 6.08 Å². The van der Waals surface area contributed by atoms with Crippen LogP contribution >= 0.6 is 0 Å². The van der Waals surface area contributed by atoms with Gasteiger partial charge in [-0.2, -0.15) is 0 Å². The highest BCUT2D eigenvalue weighted by Gasteiger charge is 2.44. The van der Waals surface area contributed by atoms with E-state index in [0.717, 1.165) is 70.6 Å². The number of ether oxygens (including phenoxy) is 2. The van der Waals surface area contributed by atoms with Crippen molar-refractivity contribution in [3.63, 3.8) is 0 Å². The molecule has 1 aliphatic heterocycles. The molecule has 1 aliphatic rings. The lowest BCUT2D eigenvalue weighted by atomic mass is 9.99. The fraction of sp³-hybridized carbons (Fsp3) is 0.783. The number of hydrogen-bond donors (Lipinski definition) is 6. The van der Waals surface area contributed by atoms with Crippen LogP contribution in [0.15, 0.2) is 72.9 Å². The normalized spacial score (nSPS) is 20.0. The highest BCUT2D eigenvalue weighted by Crippen LogP contribution is 2.23. The van der Waals surface area contributed by atoms with Gasteiger partial charge in [0.1, 0.15) is 24.4 Å². The third-order valence-corrected chi connectivity index (χ3v) is 13.3. The summed E-state index contributed by atoms with van der Waals surface area (Å²) in [6.07, 6.45) is 61.0. The van der Waals surface area contributed by atoms with Crippen LogP contribution in [-0.4, -0.2) is 87.5 Å². The molecule has 0 spiro atoms. The zero-order chi connectivity index (χ0) is 50.1. The minimum absolute atomic E-state index is 0.181. The molecule has 0 aromatic carbocycles. The molecule has 6 N–H and O–H groups in total. The number of aliphatic hydroxyl groups excluding tert-OH is 5. The second-order valence-electron chi connectivity index (χ2n) is 19.7. The first-order chi connectivity index (χ1) is 33.8. The molecular weight excluding hydrogens is 863 g/mol. The van der Waals surface area contributed by atoms with E-state index in [1.165, 1.54) is 154 Å². The summed E-state index contributed by atoms with van der Waals surface area (Å²) in [5.41, 5.74) is 0. The number of unbranched alkanes of at least 4 members (excludes halogenated alkanes) is 28. The smallest absolute Gasteiger partial charge is 0.220 e. The molecular formula is C60H107NO8. The molecule has 0 bridgehead atoms. The number of aliphatic hydroxyl groups is 5. The number of allylic oxidation sites excluding steroid dienone is 11. The van der Waals surface area contributed by atoms with Gasteiger partial charge in [0.15, 0.2) is 6.29 Å². The summed E-state index contributed by atoms with van der Waals surface area (Å²) in [6.45, 7) is 3.68. The number of hydrogen-bond acceptors (Lipinski definition) is 8. The minimum Gasteiger partial charge on any atom is -0.394 e.